The van der Waals surface area contributed by atoms with Crippen molar-refractivity contribution in [2.45, 2.75) is 31.9 Å². The quantitative estimate of drug-likeness (QED) is 0.626. The van der Waals surface area contributed by atoms with Gasteiger partial charge in [-0.15, -0.1) is 11.3 Å². The van der Waals surface area contributed by atoms with Crippen molar-refractivity contribution in [1.29, 1.82) is 0 Å². The Bertz CT molecular complexity index is 849. The molecule has 146 valence electrons. The summed E-state index contributed by atoms with van der Waals surface area (Å²) in [4.78, 5) is 13.2. The fraction of sp³-hybridized carbons (Fsp3) is 0.421. The minimum absolute atomic E-state index is 0.360. The van der Waals surface area contributed by atoms with Gasteiger partial charge < -0.3 is 30.4 Å². The van der Waals surface area contributed by atoms with E-state index in [4.69, 9.17) is 19.9 Å². The van der Waals surface area contributed by atoms with Crippen LogP contribution in [0.15, 0.2) is 12.1 Å². The van der Waals surface area contributed by atoms with Crippen LogP contribution >= 0.6 is 11.3 Å². The van der Waals surface area contributed by atoms with Crippen molar-refractivity contribution in [3.05, 3.63) is 33.7 Å². The Morgan fingerprint density at radius 2 is 1.85 bits per heavy atom. The third-order valence-electron chi connectivity index (χ3n) is 4.71. The van der Waals surface area contributed by atoms with E-state index in [1.54, 1.807) is 12.1 Å². The van der Waals surface area contributed by atoms with Crippen molar-refractivity contribution < 1.29 is 24.1 Å². The summed E-state index contributed by atoms with van der Waals surface area (Å²) in [5, 5.41) is 14.4. The number of ether oxygens (including phenoxy) is 3. The number of aliphatic hydroxyl groups excluding tert-OH is 1. The highest BCUT2D eigenvalue weighted by Crippen LogP contribution is 2.44. The molecule has 1 aliphatic rings. The maximum atomic E-state index is 12.0. The number of primary amides is 1. The Balaban J connectivity index is 1.98. The second kappa shape index (κ2) is 8.06. The number of rotatable bonds is 7. The van der Waals surface area contributed by atoms with E-state index in [0.717, 1.165) is 36.1 Å². The Kier molecular flexibility index (Phi) is 5.76. The van der Waals surface area contributed by atoms with Gasteiger partial charge in [0.15, 0.2) is 17.7 Å². The lowest BCUT2D eigenvalue weighted by Gasteiger charge is -2.20. The molecule has 7 nitrogen and oxygen atoms in total. The zero-order valence-electron chi connectivity index (χ0n) is 15.6. The second-order valence-electron chi connectivity index (χ2n) is 6.25. The topological polar surface area (TPSA) is 103 Å². The number of nitrogens with one attached hydrogen (secondary N) is 1. The standard InChI is InChI=1S/C19H24N2O5S/c1-24-12-9-8-11(15(25-2)16(12)26-3)18(23)21-19-14(17(20)22)10-6-4-5-7-13(10)27-19/h8-9,18,21,23H,4-7H2,1-3H3,(H2,20,22). The molecule has 1 atom stereocenters. The highest BCUT2D eigenvalue weighted by molar-refractivity contribution is 7.16. The molecule has 1 heterocycles. The number of carbonyl (C=O) groups excluding carboxylic acids is 1. The average molecular weight is 392 g/mol. The molecule has 4 N–H and O–H groups in total. The van der Waals surface area contributed by atoms with Crippen molar-refractivity contribution in [3.63, 3.8) is 0 Å². The van der Waals surface area contributed by atoms with Gasteiger partial charge in [-0.2, -0.15) is 0 Å². The van der Waals surface area contributed by atoms with Gasteiger partial charge in [-0.3, -0.25) is 4.79 Å². The Hall–Kier alpha value is -2.45. The number of methoxy groups -OCH3 is 3. The Labute approximate surface area is 162 Å². The van der Waals surface area contributed by atoms with Crippen molar-refractivity contribution in [2.75, 3.05) is 26.6 Å². The lowest BCUT2D eigenvalue weighted by atomic mass is 9.95. The summed E-state index contributed by atoms with van der Waals surface area (Å²) >= 11 is 1.48. The lowest BCUT2D eigenvalue weighted by Crippen LogP contribution is -2.18. The minimum Gasteiger partial charge on any atom is -0.493 e. The van der Waals surface area contributed by atoms with Crippen LogP contribution in [0.2, 0.25) is 0 Å². The molecule has 1 aliphatic carbocycles. The number of thiophene rings is 1. The van der Waals surface area contributed by atoms with Crippen LogP contribution in [0.4, 0.5) is 5.00 Å². The van der Waals surface area contributed by atoms with Crippen LogP contribution in [0.3, 0.4) is 0 Å². The van der Waals surface area contributed by atoms with Gasteiger partial charge in [0.1, 0.15) is 5.00 Å². The summed E-state index contributed by atoms with van der Waals surface area (Å²) in [7, 11) is 4.52. The first kappa shape index (κ1) is 19.3. The molecule has 8 heteroatoms. The largest absolute Gasteiger partial charge is 0.493 e. The number of aliphatic hydroxyl groups is 1. The molecule has 3 rings (SSSR count). The summed E-state index contributed by atoms with van der Waals surface area (Å²) in [6, 6.07) is 3.38. The number of amides is 1. The number of carbonyl (C=O) groups is 1. The highest BCUT2D eigenvalue weighted by atomic mass is 32.1. The first-order chi connectivity index (χ1) is 13.0. The molecule has 1 aromatic heterocycles. The average Bonchev–Trinajstić information content (AvgIpc) is 3.04. The van der Waals surface area contributed by atoms with Crippen LogP contribution in [-0.4, -0.2) is 32.3 Å². The fourth-order valence-electron chi connectivity index (χ4n) is 3.47. The van der Waals surface area contributed by atoms with Gasteiger partial charge in [0.25, 0.3) is 5.91 Å². The second-order valence-corrected chi connectivity index (χ2v) is 7.35. The number of benzene rings is 1. The number of anilines is 1. The molecule has 1 aromatic carbocycles. The number of aryl methyl sites for hydroxylation is 1. The number of nitrogens with two attached hydrogens (primary N) is 1. The predicted octanol–water partition coefficient (Wildman–Crippen LogP) is 2.85. The summed E-state index contributed by atoms with van der Waals surface area (Å²) < 4.78 is 16.1. The lowest BCUT2D eigenvalue weighted by molar-refractivity contribution is 0.1000. The van der Waals surface area contributed by atoms with E-state index >= 15 is 0 Å². The van der Waals surface area contributed by atoms with Gasteiger partial charge in [0.05, 0.1) is 26.9 Å². The molecule has 0 fully saturated rings. The van der Waals surface area contributed by atoms with Gasteiger partial charge >= 0.3 is 0 Å². The summed E-state index contributed by atoms with van der Waals surface area (Å²) in [5.74, 6) is 0.760. The number of hydrogen-bond donors (Lipinski definition) is 3. The minimum atomic E-state index is -1.11. The van der Waals surface area contributed by atoms with Crippen molar-refractivity contribution in [2.24, 2.45) is 5.73 Å². The number of hydrogen-bond acceptors (Lipinski definition) is 7. The van der Waals surface area contributed by atoms with Crippen LogP contribution < -0.4 is 25.3 Å². The number of fused-ring (bicyclic) bond motifs is 1. The van der Waals surface area contributed by atoms with Crippen molar-refractivity contribution in [3.8, 4) is 17.2 Å². The predicted molar refractivity (Wildman–Crippen MR) is 104 cm³/mol. The highest BCUT2D eigenvalue weighted by Gasteiger charge is 2.27. The van der Waals surface area contributed by atoms with Crippen LogP contribution in [0.25, 0.3) is 0 Å². The first-order valence-electron chi connectivity index (χ1n) is 8.69. The van der Waals surface area contributed by atoms with E-state index in [0.29, 0.717) is 33.4 Å². The maximum Gasteiger partial charge on any atom is 0.251 e. The van der Waals surface area contributed by atoms with Crippen molar-refractivity contribution in [1.82, 2.24) is 0 Å². The molecule has 0 aliphatic heterocycles. The smallest absolute Gasteiger partial charge is 0.251 e. The zero-order chi connectivity index (χ0) is 19.6. The van der Waals surface area contributed by atoms with E-state index in [9.17, 15) is 9.90 Å². The Morgan fingerprint density at radius 1 is 1.15 bits per heavy atom. The van der Waals surface area contributed by atoms with Crippen LogP contribution in [0.1, 0.15) is 45.4 Å². The molecule has 27 heavy (non-hydrogen) atoms. The molecule has 1 unspecified atom stereocenters. The van der Waals surface area contributed by atoms with E-state index in [2.05, 4.69) is 5.32 Å². The van der Waals surface area contributed by atoms with E-state index in [1.807, 2.05) is 0 Å². The molecule has 0 saturated heterocycles. The summed E-state index contributed by atoms with van der Waals surface area (Å²) in [6.07, 6.45) is 2.78. The molecule has 0 radical (unpaired) electrons. The molecule has 0 spiro atoms. The monoisotopic (exact) mass is 392 g/mol. The zero-order valence-corrected chi connectivity index (χ0v) is 16.4. The fourth-order valence-corrected chi connectivity index (χ4v) is 4.79. The molecular formula is C19H24N2O5S. The summed E-state index contributed by atoms with van der Waals surface area (Å²) in [6.45, 7) is 0. The van der Waals surface area contributed by atoms with E-state index in [-0.39, 0.29) is 0 Å². The van der Waals surface area contributed by atoms with E-state index < -0.39 is 12.1 Å². The molecule has 2 aromatic rings. The van der Waals surface area contributed by atoms with Crippen LogP contribution in [0.5, 0.6) is 17.2 Å². The van der Waals surface area contributed by atoms with Gasteiger partial charge in [-0.05, 0) is 43.4 Å². The molecular weight excluding hydrogens is 368 g/mol. The molecule has 0 saturated carbocycles. The normalized spacial score (nSPS) is 14.2. The van der Waals surface area contributed by atoms with Gasteiger partial charge in [0, 0.05) is 10.4 Å². The van der Waals surface area contributed by atoms with Gasteiger partial charge in [0.2, 0.25) is 5.75 Å². The maximum absolute atomic E-state index is 12.0. The Morgan fingerprint density at radius 3 is 2.48 bits per heavy atom. The first-order valence-corrected chi connectivity index (χ1v) is 9.51. The van der Waals surface area contributed by atoms with E-state index in [1.165, 1.54) is 32.7 Å². The summed E-state index contributed by atoms with van der Waals surface area (Å²) in [5.41, 5.74) is 7.58. The SMILES string of the molecule is COc1ccc(C(O)Nc2sc3c(c2C(N)=O)CCCC3)c(OC)c1OC. The van der Waals surface area contributed by atoms with Gasteiger partial charge in [-0.1, -0.05) is 0 Å². The van der Waals surface area contributed by atoms with Crippen LogP contribution in [0, 0.1) is 0 Å². The molecule has 1 amide bonds. The third-order valence-corrected chi connectivity index (χ3v) is 5.94. The van der Waals surface area contributed by atoms with Crippen LogP contribution in [-0.2, 0) is 12.8 Å². The molecule has 0 bridgehead atoms. The third kappa shape index (κ3) is 3.54. The van der Waals surface area contributed by atoms with Crippen molar-refractivity contribution >= 4 is 22.2 Å². The van der Waals surface area contributed by atoms with Gasteiger partial charge in [-0.25, -0.2) is 0 Å².